The largest absolute Gasteiger partial charge is 0.478 e. The van der Waals surface area contributed by atoms with Crippen molar-refractivity contribution in [2.24, 2.45) is 0 Å². The summed E-state index contributed by atoms with van der Waals surface area (Å²) >= 11 is 0. The number of imide groups is 1. The maximum atomic E-state index is 13.6. The van der Waals surface area contributed by atoms with Gasteiger partial charge in [-0.1, -0.05) is 0 Å². The van der Waals surface area contributed by atoms with Gasteiger partial charge in [0, 0.05) is 13.0 Å². The number of carboxylic acids is 1. The lowest BCUT2D eigenvalue weighted by molar-refractivity contribution is -0.120. The summed E-state index contributed by atoms with van der Waals surface area (Å²) in [6, 6.07) is 2.39. The van der Waals surface area contributed by atoms with Crippen LogP contribution >= 0.6 is 0 Å². The third kappa shape index (κ3) is 2.15. The Labute approximate surface area is 101 Å². The molecule has 0 saturated carbocycles. The fourth-order valence-corrected chi connectivity index (χ4v) is 1.65. The molecule has 2 rings (SSSR count). The van der Waals surface area contributed by atoms with Gasteiger partial charge in [-0.05, 0) is 18.2 Å². The van der Waals surface area contributed by atoms with Crippen molar-refractivity contribution in [1.82, 2.24) is 5.32 Å². The first kappa shape index (κ1) is 12.0. The van der Waals surface area contributed by atoms with E-state index >= 15 is 0 Å². The van der Waals surface area contributed by atoms with E-state index in [0.717, 1.165) is 23.1 Å². The van der Waals surface area contributed by atoms with Crippen LogP contribution in [-0.4, -0.2) is 29.6 Å². The lowest BCUT2D eigenvalue weighted by atomic mass is 10.1. The summed E-state index contributed by atoms with van der Waals surface area (Å²) in [5.41, 5.74) is -0.281. The molecule has 1 aliphatic heterocycles. The molecule has 0 unspecified atom stereocenters. The minimum absolute atomic E-state index is 0.0185. The normalized spacial score (nSPS) is 15.5. The van der Waals surface area contributed by atoms with Gasteiger partial charge in [0.2, 0.25) is 5.91 Å². The Balaban J connectivity index is 2.38. The van der Waals surface area contributed by atoms with Gasteiger partial charge in [-0.15, -0.1) is 0 Å². The van der Waals surface area contributed by atoms with Gasteiger partial charge < -0.3 is 5.11 Å². The summed E-state index contributed by atoms with van der Waals surface area (Å²) < 4.78 is 13.6. The van der Waals surface area contributed by atoms with Crippen molar-refractivity contribution in [2.75, 3.05) is 11.4 Å². The number of nitrogens with one attached hydrogen (secondary N) is 1. The standard InChI is InChI=1S/C11H9FN2O4/c12-7-2-1-6(10(16)17)5-8(7)14-4-3-9(15)13-11(14)18/h1-2,5H,3-4H2,(H,16,17)(H,13,15,18). The molecule has 0 atom stereocenters. The number of rotatable bonds is 2. The maximum Gasteiger partial charge on any atom is 0.335 e. The van der Waals surface area contributed by atoms with Crippen molar-refractivity contribution < 1.29 is 23.9 Å². The van der Waals surface area contributed by atoms with Crippen LogP contribution in [-0.2, 0) is 4.79 Å². The third-order valence-corrected chi connectivity index (χ3v) is 2.54. The summed E-state index contributed by atoms with van der Waals surface area (Å²) in [5, 5.41) is 10.8. The maximum absolute atomic E-state index is 13.6. The molecule has 1 saturated heterocycles. The summed E-state index contributed by atoms with van der Waals surface area (Å²) in [6.45, 7) is 0.0185. The Morgan fingerprint density at radius 2 is 2.11 bits per heavy atom. The van der Waals surface area contributed by atoms with Crippen LogP contribution in [0.15, 0.2) is 18.2 Å². The molecule has 94 valence electrons. The molecule has 1 heterocycles. The average molecular weight is 252 g/mol. The van der Waals surface area contributed by atoms with Crippen LogP contribution in [0.25, 0.3) is 0 Å². The first-order valence-corrected chi connectivity index (χ1v) is 5.13. The summed E-state index contributed by atoms with van der Waals surface area (Å²) in [7, 11) is 0. The average Bonchev–Trinajstić information content (AvgIpc) is 2.30. The molecule has 0 aliphatic carbocycles. The Kier molecular flexibility index (Phi) is 2.97. The number of carbonyl (C=O) groups excluding carboxylic acids is 2. The van der Waals surface area contributed by atoms with Gasteiger partial charge in [-0.3, -0.25) is 15.0 Å². The number of hydrogen-bond acceptors (Lipinski definition) is 3. The number of carboxylic acid groups (broad SMARTS) is 1. The summed E-state index contributed by atoms with van der Waals surface area (Å²) in [4.78, 5) is 34.3. The second-order valence-corrected chi connectivity index (χ2v) is 3.73. The zero-order chi connectivity index (χ0) is 13.3. The SMILES string of the molecule is O=C1CCN(c2cc(C(=O)O)ccc2F)C(=O)N1. The van der Waals surface area contributed by atoms with Crippen LogP contribution in [0.1, 0.15) is 16.8 Å². The fraction of sp³-hybridized carbons (Fsp3) is 0.182. The molecule has 1 aliphatic rings. The number of urea groups is 1. The van der Waals surface area contributed by atoms with Crippen LogP contribution in [0.4, 0.5) is 14.9 Å². The van der Waals surface area contributed by atoms with Gasteiger partial charge in [0.1, 0.15) is 5.82 Å². The number of benzene rings is 1. The first-order chi connectivity index (χ1) is 8.49. The van der Waals surface area contributed by atoms with Crippen molar-refractivity contribution in [2.45, 2.75) is 6.42 Å². The number of amides is 3. The van der Waals surface area contributed by atoms with Gasteiger partial charge in [0.05, 0.1) is 11.3 Å². The third-order valence-electron chi connectivity index (χ3n) is 2.54. The number of anilines is 1. The Hall–Kier alpha value is -2.44. The number of nitrogens with zero attached hydrogens (tertiary/aromatic N) is 1. The molecule has 1 fully saturated rings. The van der Waals surface area contributed by atoms with E-state index in [1.54, 1.807) is 0 Å². The van der Waals surface area contributed by atoms with E-state index in [2.05, 4.69) is 0 Å². The molecular formula is C11H9FN2O4. The minimum Gasteiger partial charge on any atom is -0.478 e. The number of carbonyl (C=O) groups is 3. The van der Waals surface area contributed by atoms with Gasteiger partial charge in [-0.2, -0.15) is 0 Å². The predicted octanol–water partition coefficient (Wildman–Crippen LogP) is 0.970. The zero-order valence-corrected chi connectivity index (χ0v) is 9.14. The second kappa shape index (κ2) is 4.44. The van der Waals surface area contributed by atoms with Gasteiger partial charge in [-0.25, -0.2) is 14.0 Å². The van der Waals surface area contributed by atoms with E-state index in [1.807, 2.05) is 5.32 Å². The van der Waals surface area contributed by atoms with E-state index in [-0.39, 0.29) is 24.2 Å². The van der Waals surface area contributed by atoms with E-state index in [4.69, 9.17) is 5.11 Å². The quantitative estimate of drug-likeness (QED) is 0.821. The summed E-state index contributed by atoms with van der Waals surface area (Å²) in [6.07, 6.45) is 0.0441. The van der Waals surface area contributed by atoms with Crippen LogP contribution < -0.4 is 10.2 Å². The molecule has 1 aromatic carbocycles. The lowest BCUT2D eigenvalue weighted by Crippen LogP contribution is -2.49. The molecular weight excluding hydrogens is 243 g/mol. The molecule has 6 nitrogen and oxygen atoms in total. The number of aromatic carboxylic acids is 1. The number of hydrogen-bond donors (Lipinski definition) is 2. The molecule has 2 N–H and O–H groups in total. The molecule has 18 heavy (non-hydrogen) atoms. The highest BCUT2D eigenvalue weighted by atomic mass is 19.1. The van der Waals surface area contributed by atoms with E-state index in [9.17, 15) is 18.8 Å². The Morgan fingerprint density at radius 1 is 1.39 bits per heavy atom. The molecule has 0 radical (unpaired) electrons. The molecule has 7 heteroatoms. The monoisotopic (exact) mass is 252 g/mol. The summed E-state index contributed by atoms with van der Waals surface area (Å²) in [5.74, 6) is -2.37. The minimum atomic E-state index is -1.22. The highest BCUT2D eigenvalue weighted by Crippen LogP contribution is 2.22. The van der Waals surface area contributed by atoms with Crippen LogP contribution in [0.2, 0.25) is 0 Å². The van der Waals surface area contributed by atoms with E-state index in [1.165, 1.54) is 0 Å². The van der Waals surface area contributed by atoms with Crippen LogP contribution in [0.3, 0.4) is 0 Å². The van der Waals surface area contributed by atoms with Crippen molar-refractivity contribution in [3.05, 3.63) is 29.6 Å². The van der Waals surface area contributed by atoms with Gasteiger partial charge in [0.25, 0.3) is 0 Å². The van der Waals surface area contributed by atoms with Crippen molar-refractivity contribution in [3.8, 4) is 0 Å². The predicted molar refractivity (Wildman–Crippen MR) is 58.9 cm³/mol. The topological polar surface area (TPSA) is 86.7 Å². The molecule has 0 bridgehead atoms. The van der Waals surface area contributed by atoms with Crippen LogP contribution in [0, 0.1) is 5.82 Å². The highest BCUT2D eigenvalue weighted by Gasteiger charge is 2.26. The van der Waals surface area contributed by atoms with Gasteiger partial charge in [0.15, 0.2) is 0 Å². The lowest BCUT2D eigenvalue weighted by Gasteiger charge is -2.26. The van der Waals surface area contributed by atoms with E-state index < -0.39 is 23.7 Å². The Bertz CT molecular complexity index is 544. The molecule has 0 spiro atoms. The highest BCUT2D eigenvalue weighted by molar-refractivity contribution is 6.06. The second-order valence-electron chi connectivity index (χ2n) is 3.73. The Morgan fingerprint density at radius 3 is 2.72 bits per heavy atom. The number of halogens is 1. The zero-order valence-electron chi connectivity index (χ0n) is 9.14. The van der Waals surface area contributed by atoms with E-state index in [0.29, 0.717) is 0 Å². The molecule has 0 aromatic heterocycles. The molecule has 1 aromatic rings. The van der Waals surface area contributed by atoms with Crippen LogP contribution in [0.5, 0.6) is 0 Å². The smallest absolute Gasteiger partial charge is 0.335 e. The first-order valence-electron chi connectivity index (χ1n) is 5.13. The van der Waals surface area contributed by atoms with Crippen molar-refractivity contribution >= 4 is 23.6 Å². The molecule has 3 amide bonds. The fourth-order valence-electron chi connectivity index (χ4n) is 1.65. The van der Waals surface area contributed by atoms with Crippen molar-refractivity contribution in [1.29, 1.82) is 0 Å². The van der Waals surface area contributed by atoms with Gasteiger partial charge >= 0.3 is 12.0 Å². The van der Waals surface area contributed by atoms with Crippen molar-refractivity contribution in [3.63, 3.8) is 0 Å².